The van der Waals surface area contributed by atoms with Gasteiger partial charge in [0.15, 0.2) is 0 Å². The fraction of sp³-hybridized carbons (Fsp3) is 0.841. The molecule has 78 heavy (non-hydrogen) atoms. The number of nitrogens with zero attached hydrogens (tertiary/aromatic N) is 1. The minimum atomic E-state index is -4.58. The van der Waals surface area contributed by atoms with Crippen LogP contribution in [0.15, 0.2) is 60.8 Å². The Kier molecular flexibility index (Phi) is 58.4. The van der Waals surface area contributed by atoms with Crippen molar-refractivity contribution in [3.63, 3.8) is 0 Å². The summed E-state index contributed by atoms with van der Waals surface area (Å²) < 4.78 is 23.5. The molecular weight excluding hydrogens is 984 g/mol. The van der Waals surface area contributed by atoms with Gasteiger partial charge in [0.05, 0.1) is 39.9 Å². The summed E-state index contributed by atoms with van der Waals surface area (Å²) in [4.78, 5) is 25.6. The van der Waals surface area contributed by atoms with Crippen LogP contribution in [0.2, 0.25) is 0 Å². The number of hydrogen-bond acceptors (Lipinski definition) is 6. The lowest BCUT2D eigenvalue weighted by Crippen LogP contribution is -2.46. The van der Waals surface area contributed by atoms with Gasteiger partial charge in [0.25, 0.3) is 7.82 Å². The highest BCUT2D eigenvalue weighted by Crippen LogP contribution is 2.38. The van der Waals surface area contributed by atoms with Crippen molar-refractivity contribution in [2.75, 3.05) is 40.9 Å². The monoisotopic (exact) mass is 1110 g/mol. The van der Waals surface area contributed by atoms with Crippen LogP contribution in [0.3, 0.4) is 0 Å². The third-order valence-electron chi connectivity index (χ3n) is 15.3. The zero-order chi connectivity index (χ0) is 57.0. The number of phosphoric acid groups is 1. The van der Waals surface area contributed by atoms with Crippen molar-refractivity contribution in [1.82, 2.24) is 5.32 Å². The van der Waals surface area contributed by atoms with Gasteiger partial charge >= 0.3 is 0 Å². The van der Waals surface area contributed by atoms with Gasteiger partial charge in [-0.1, -0.05) is 319 Å². The summed E-state index contributed by atoms with van der Waals surface area (Å²) in [6.45, 7) is 4.64. The second-order valence-electron chi connectivity index (χ2n) is 24.2. The number of aliphatic hydroxyl groups is 1. The first kappa shape index (κ1) is 76.2. The normalized spacial score (nSPS) is 14.1. The Morgan fingerprint density at radius 3 is 1.14 bits per heavy atom. The van der Waals surface area contributed by atoms with Crippen LogP contribution in [0.25, 0.3) is 0 Å². The highest BCUT2D eigenvalue weighted by atomic mass is 31.2. The maximum atomic E-state index is 13.0. The Labute approximate surface area is 485 Å². The number of amides is 1. The van der Waals surface area contributed by atoms with Gasteiger partial charge in [0.2, 0.25) is 5.91 Å². The van der Waals surface area contributed by atoms with Crippen LogP contribution in [0.5, 0.6) is 0 Å². The molecule has 9 heteroatoms. The van der Waals surface area contributed by atoms with E-state index in [1.165, 1.54) is 218 Å². The summed E-state index contributed by atoms with van der Waals surface area (Å²) in [6, 6.07) is -0.809. The molecule has 0 aliphatic rings. The molecule has 458 valence electrons. The van der Waals surface area contributed by atoms with Crippen molar-refractivity contribution >= 4 is 13.7 Å². The summed E-state index contributed by atoms with van der Waals surface area (Å²) in [6.07, 6.45) is 81.4. The van der Waals surface area contributed by atoms with Crippen molar-refractivity contribution in [2.24, 2.45) is 0 Å². The first-order chi connectivity index (χ1) is 38.0. The molecule has 0 heterocycles. The molecule has 3 unspecified atom stereocenters. The molecule has 0 fully saturated rings. The van der Waals surface area contributed by atoms with E-state index in [9.17, 15) is 19.4 Å². The number of carbonyl (C=O) groups is 1. The van der Waals surface area contributed by atoms with Crippen LogP contribution in [-0.2, 0) is 18.4 Å². The largest absolute Gasteiger partial charge is 0.756 e. The quantitative estimate of drug-likeness (QED) is 0.0272. The fourth-order valence-corrected chi connectivity index (χ4v) is 10.8. The van der Waals surface area contributed by atoms with E-state index in [0.717, 1.165) is 77.0 Å². The predicted molar refractivity (Wildman–Crippen MR) is 339 cm³/mol. The Morgan fingerprint density at radius 1 is 0.462 bits per heavy atom. The highest BCUT2D eigenvalue weighted by molar-refractivity contribution is 7.45. The molecule has 0 saturated heterocycles. The molecule has 2 N–H and O–H groups in total. The minimum absolute atomic E-state index is 0.00927. The highest BCUT2D eigenvalue weighted by Gasteiger charge is 2.24. The van der Waals surface area contributed by atoms with E-state index in [2.05, 4.69) is 79.9 Å². The van der Waals surface area contributed by atoms with Crippen LogP contribution >= 0.6 is 7.82 Å². The molecule has 8 nitrogen and oxygen atoms in total. The number of quaternary nitrogens is 1. The second-order valence-corrected chi connectivity index (χ2v) is 25.6. The second kappa shape index (κ2) is 59.8. The van der Waals surface area contributed by atoms with E-state index in [-0.39, 0.29) is 19.1 Å². The van der Waals surface area contributed by atoms with Crippen LogP contribution in [-0.4, -0.2) is 68.5 Å². The van der Waals surface area contributed by atoms with Gasteiger partial charge in [0, 0.05) is 6.42 Å². The first-order valence-electron chi connectivity index (χ1n) is 33.6. The Hall–Kier alpha value is -1.80. The number of allylic oxidation sites excluding steroid dienone is 10. The fourth-order valence-electron chi connectivity index (χ4n) is 10.1. The van der Waals surface area contributed by atoms with Crippen LogP contribution < -0.4 is 10.2 Å². The molecule has 0 saturated carbocycles. The van der Waals surface area contributed by atoms with E-state index in [1.54, 1.807) is 0 Å². The molecule has 0 radical (unpaired) electrons. The molecule has 0 aromatic heterocycles. The standard InChI is InChI=1S/C69H131N2O6P/c1-6-8-10-12-14-16-18-20-22-24-26-28-30-32-33-34-35-36-37-39-40-42-44-46-48-50-52-54-56-58-60-62-68(72)67(66-77-78(74,75)76-65-64-71(3,4)5)70-69(73)63-61-59-57-55-53-51-49-47-45-43-41-38-31-29-27-25-23-21-19-17-15-13-11-9-7-2/h9,11,15,17,21,23,27,29,38,41,67-68,72H,6-8,10,12-14,16,18-20,22,24-26,28,30-37,39-40,42-66H2,1-5H3,(H-,70,73,74,75)/b11-9-,17-15-,23-21-,29-27-,41-38-. The summed E-state index contributed by atoms with van der Waals surface area (Å²) in [7, 11) is 1.30. The van der Waals surface area contributed by atoms with Gasteiger partial charge in [-0.2, -0.15) is 0 Å². The summed E-state index contributed by atoms with van der Waals surface area (Å²) in [5.74, 6) is -0.169. The van der Waals surface area contributed by atoms with E-state index in [4.69, 9.17) is 9.05 Å². The lowest BCUT2D eigenvalue weighted by Gasteiger charge is -2.30. The molecule has 0 rings (SSSR count). The minimum Gasteiger partial charge on any atom is -0.756 e. The molecule has 1 amide bonds. The summed E-state index contributed by atoms with van der Waals surface area (Å²) >= 11 is 0. The molecule has 0 spiro atoms. The van der Waals surface area contributed by atoms with Crippen molar-refractivity contribution in [1.29, 1.82) is 0 Å². The lowest BCUT2D eigenvalue weighted by atomic mass is 10.0. The van der Waals surface area contributed by atoms with E-state index < -0.39 is 20.0 Å². The number of aliphatic hydroxyl groups excluding tert-OH is 1. The Bertz CT molecular complexity index is 1450. The van der Waals surface area contributed by atoms with E-state index in [0.29, 0.717) is 23.9 Å². The van der Waals surface area contributed by atoms with Crippen molar-refractivity contribution < 1.29 is 32.9 Å². The SMILES string of the molecule is CC/C=C\C/C=C\C/C=C\C/C=C\C/C=C\CCCCCCCCCCCC(=O)NC(COP(=O)([O-])OCC[N+](C)(C)C)C(O)CCCCCCCCCCCCCCCCCCCCCCCCCCCCCCCCC. The zero-order valence-corrected chi connectivity index (χ0v) is 53.3. The number of likely N-dealkylation sites (N-methyl/N-ethyl adjacent to an activating group) is 1. The van der Waals surface area contributed by atoms with Crippen molar-refractivity contribution in [3.05, 3.63) is 60.8 Å². The van der Waals surface area contributed by atoms with Gasteiger partial charge in [-0.3, -0.25) is 9.36 Å². The third-order valence-corrected chi connectivity index (χ3v) is 16.2. The number of nitrogens with one attached hydrogen (secondary N) is 1. The van der Waals surface area contributed by atoms with Gasteiger partial charge in [0.1, 0.15) is 13.2 Å². The van der Waals surface area contributed by atoms with Gasteiger partial charge in [-0.15, -0.1) is 0 Å². The van der Waals surface area contributed by atoms with Gasteiger partial charge in [-0.25, -0.2) is 0 Å². The molecule has 0 bridgehead atoms. The number of unbranched alkanes of at least 4 members (excludes halogenated alkanes) is 39. The van der Waals surface area contributed by atoms with E-state index in [1.807, 2.05) is 21.1 Å². The van der Waals surface area contributed by atoms with Gasteiger partial charge in [-0.05, 0) is 57.8 Å². The first-order valence-corrected chi connectivity index (χ1v) is 35.1. The molecular formula is C69H131N2O6P. The van der Waals surface area contributed by atoms with E-state index >= 15 is 0 Å². The number of carbonyl (C=O) groups excluding carboxylic acids is 1. The Morgan fingerprint density at radius 2 is 0.782 bits per heavy atom. The van der Waals surface area contributed by atoms with Crippen LogP contribution in [0.4, 0.5) is 0 Å². The van der Waals surface area contributed by atoms with Crippen molar-refractivity contribution in [3.8, 4) is 0 Å². The molecule has 0 aromatic rings. The third kappa shape index (κ3) is 61.8. The average molecular weight is 1120 g/mol. The molecule has 3 atom stereocenters. The maximum Gasteiger partial charge on any atom is 0.268 e. The molecule has 0 aliphatic heterocycles. The number of phosphoric ester groups is 1. The Balaban J connectivity index is 4.06. The summed E-state index contributed by atoms with van der Waals surface area (Å²) in [5, 5.41) is 14.1. The zero-order valence-electron chi connectivity index (χ0n) is 52.4. The van der Waals surface area contributed by atoms with Crippen LogP contribution in [0.1, 0.15) is 322 Å². The molecule has 0 aliphatic carbocycles. The van der Waals surface area contributed by atoms with Crippen LogP contribution in [0, 0.1) is 0 Å². The maximum absolute atomic E-state index is 13.0. The summed E-state index contributed by atoms with van der Waals surface area (Å²) in [5.41, 5.74) is 0. The van der Waals surface area contributed by atoms with Crippen molar-refractivity contribution in [2.45, 2.75) is 334 Å². The predicted octanol–water partition coefficient (Wildman–Crippen LogP) is 20.6. The lowest BCUT2D eigenvalue weighted by molar-refractivity contribution is -0.870. The smallest absolute Gasteiger partial charge is 0.268 e. The topological polar surface area (TPSA) is 108 Å². The number of hydrogen-bond donors (Lipinski definition) is 2. The number of rotatable bonds is 62. The average Bonchev–Trinajstić information content (AvgIpc) is 3.41. The molecule has 0 aromatic carbocycles. The van der Waals surface area contributed by atoms with Gasteiger partial charge < -0.3 is 28.8 Å².